The monoisotopic (exact) mass is 463 g/mol. The van der Waals surface area contributed by atoms with Crippen molar-refractivity contribution in [2.24, 2.45) is 0 Å². The third kappa shape index (κ3) is 4.14. The van der Waals surface area contributed by atoms with Crippen LogP contribution >= 0.6 is 27.3 Å². The van der Waals surface area contributed by atoms with Crippen LogP contribution in [0.25, 0.3) is 27.8 Å². The minimum Gasteiger partial charge on any atom is -0.422 e. The fourth-order valence-corrected chi connectivity index (χ4v) is 3.91. The number of nitriles is 1. The van der Waals surface area contributed by atoms with Crippen molar-refractivity contribution in [1.29, 1.82) is 5.26 Å². The van der Waals surface area contributed by atoms with Crippen LogP contribution in [0.4, 0.5) is 5.69 Å². The molecule has 0 fully saturated rings. The molecule has 0 spiro atoms. The molecule has 4 aromatic rings. The van der Waals surface area contributed by atoms with Gasteiger partial charge in [0, 0.05) is 27.1 Å². The molecule has 29 heavy (non-hydrogen) atoms. The van der Waals surface area contributed by atoms with Gasteiger partial charge in [0.25, 0.3) is 0 Å². The molecular formula is C22H14BrN3O2S. The first kappa shape index (κ1) is 19.1. The number of anilines is 1. The predicted molar refractivity (Wildman–Crippen MR) is 120 cm³/mol. The minimum absolute atomic E-state index is 0.363. The van der Waals surface area contributed by atoms with E-state index in [2.05, 4.69) is 32.3 Å². The van der Waals surface area contributed by atoms with Crippen LogP contribution in [0.3, 0.4) is 0 Å². The molecule has 2 aromatic heterocycles. The highest BCUT2D eigenvalue weighted by Crippen LogP contribution is 2.27. The normalized spacial score (nSPS) is 11.4. The van der Waals surface area contributed by atoms with Gasteiger partial charge in [-0.3, -0.25) is 0 Å². The standard InChI is InChI=1S/C22H14BrN3O2S/c1-13-2-5-17(6-3-13)25-11-15(10-24)21-26-19(12-29-21)18-9-14-8-16(23)4-7-20(14)28-22(18)27/h2-9,11-12,25H,1H3/b15-11-. The predicted octanol–water partition coefficient (Wildman–Crippen LogP) is 5.96. The topological polar surface area (TPSA) is 78.9 Å². The smallest absolute Gasteiger partial charge is 0.345 e. The van der Waals surface area contributed by atoms with Crippen LogP contribution in [0, 0.1) is 18.3 Å². The first-order valence-corrected chi connectivity index (χ1v) is 10.3. The number of thiazole rings is 1. The summed E-state index contributed by atoms with van der Waals surface area (Å²) in [6, 6.07) is 17.2. The van der Waals surface area contributed by atoms with Crippen LogP contribution in [-0.4, -0.2) is 4.98 Å². The van der Waals surface area contributed by atoms with Crippen molar-refractivity contribution in [2.75, 3.05) is 5.32 Å². The van der Waals surface area contributed by atoms with Gasteiger partial charge >= 0.3 is 5.63 Å². The van der Waals surface area contributed by atoms with E-state index < -0.39 is 5.63 Å². The molecule has 0 atom stereocenters. The molecule has 0 aliphatic carbocycles. The number of aromatic nitrogens is 1. The summed E-state index contributed by atoms with van der Waals surface area (Å²) in [7, 11) is 0. The zero-order valence-corrected chi connectivity index (χ0v) is 17.7. The number of benzene rings is 2. The van der Waals surface area contributed by atoms with Crippen molar-refractivity contribution >= 4 is 49.5 Å². The summed E-state index contributed by atoms with van der Waals surface area (Å²) in [6.45, 7) is 2.01. The summed E-state index contributed by atoms with van der Waals surface area (Å²) in [4.78, 5) is 16.9. The van der Waals surface area contributed by atoms with E-state index in [-0.39, 0.29) is 0 Å². The zero-order valence-electron chi connectivity index (χ0n) is 15.3. The van der Waals surface area contributed by atoms with E-state index in [1.807, 2.05) is 43.3 Å². The molecule has 2 aromatic carbocycles. The first-order valence-electron chi connectivity index (χ1n) is 8.66. The third-order valence-electron chi connectivity index (χ3n) is 4.26. The van der Waals surface area contributed by atoms with Gasteiger partial charge in [0.05, 0.1) is 11.3 Å². The molecule has 0 saturated heterocycles. The van der Waals surface area contributed by atoms with Crippen molar-refractivity contribution in [3.63, 3.8) is 0 Å². The Balaban J connectivity index is 1.66. The Morgan fingerprint density at radius 1 is 1.24 bits per heavy atom. The van der Waals surface area contributed by atoms with E-state index in [1.165, 1.54) is 11.3 Å². The summed E-state index contributed by atoms with van der Waals surface area (Å²) < 4.78 is 6.30. The van der Waals surface area contributed by atoms with Gasteiger partial charge in [-0.1, -0.05) is 33.6 Å². The SMILES string of the molecule is Cc1ccc(N/C=C(/C#N)c2nc(-c3cc4cc(Br)ccc4oc3=O)cs2)cc1. The number of rotatable bonds is 4. The van der Waals surface area contributed by atoms with Crippen LogP contribution in [0.15, 0.2) is 73.8 Å². The van der Waals surface area contributed by atoms with Gasteiger partial charge in [0.15, 0.2) is 0 Å². The second kappa shape index (κ2) is 8.03. The molecule has 0 unspecified atom stereocenters. The van der Waals surface area contributed by atoms with E-state index in [0.29, 0.717) is 27.4 Å². The molecule has 0 radical (unpaired) electrons. The lowest BCUT2D eigenvalue weighted by atomic mass is 10.1. The van der Waals surface area contributed by atoms with Crippen molar-refractivity contribution in [3.05, 3.63) is 85.6 Å². The molecule has 4 rings (SSSR count). The number of allylic oxidation sites excluding steroid dienone is 1. The van der Waals surface area contributed by atoms with Crippen molar-refractivity contribution in [3.8, 4) is 17.3 Å². The highest BCUT2D eigenvalue weighted by atomic mass is 79.9. The molecule has 0 aliphatic rings. The summed E-state index contributed by atoms with van der Waals surface area (Å²) >= 11 is 4.72. The Kier molecular flexibility index (Phi) is 5.30. The lowest BCUT2D eigenvalue weighted by Gasteiger charge is -2.02. The van der Waals surface area contributed by atoms with Gasteiger partial charge < -0.3 is 9.73 Å². The molecule has 142 valence electrons. The molecule has 0 amide bonds. The minimum atomic E-state index is -0.461. The Bertz CT molecular complexity index is 1330. The fourth-order valence-electron chi connectivity index (χ4n) is 2.74. The lowest BCUT2D eigenvalue weighted by molar-refractivity contribution is 0.563. The lowest BCUT2D eigenvalue weighted by Crippen LogP contribution is -2.03. The third-order valence-corrected chi connectivity index (χ3v) is 5.63. The molecule has 0 aliphatic heterocycles. The number of halogens is 1. The number of hydrogen-bond acceptors (Lipinski definition) is 6. The zero-order chi connectivity index (χ0) is 20.4. The summed E-state index contributed by atoms with van der Waals surface area (Å²) in [5.41, 5.74) is 3.31. The molecule has 0 bridgehead atoms. The van der Waals surface area contributed by atoms with E-state index in [0.717, 1.165) is 21.1 Å². The quantitative estimate of drug-likeness (QED) is 0.298. The molecule has 2 heterocycles. The molecule has 1 N–H and O–H groups in total. The number of hydrogen-bond donors (Lipinski definition) is 1. The van der Waals surface area contributed by atoms with E-state index in [1.54, 1.807) is 23.7 Å². The Morgan fingerprint density at radius 2 is 2.03 bits per heavy atom. The van der Waals surface area contributed by atoms with Gasteiger partial charge in [-0.05, 0) is 43.3 Å². The van der Waals surface area contributed by atoms with Crippen molar-refractivity contribution < 1.29 is 4.42 Å². The van der Waals surface area contributed by atoms with E-state index >= 15 is 0 Å². The van der Waals surface area contributed by atoms with Gasteiger partial charge in [-0.25, -0.2) is 9.78 Å². The first-order chi connectivity index (χ1) is 14.0. The van der Waals surface area contributed by atoms with Crippen LogP contribution in [0.5, 0.6) is 0 Å². The second-order valence-corrected chi connectivity index (χ2v) is 8.12. The van der Waals surface area contributed by atoms with E-state index in [4.69, 9.17) is 4.42 Å². The maximum absolute atomic E-state index is 12.4. The molecular weight excluding hydrogens is 450 g/mol. The van der Waals surface area contributed by atoms with Gasteiger partial charge in [-0.2, -0.15) is 5.26 Å². The fraction of sp³-hybridized carbons (Fsp3) is 0.0455. The van der Waals surface area contributed by atoms with Crippen LogP contribution in [0.2, 0.25) is 0 Å². The maximum atomic E-state index is 12.4. The second-order valence-electron chi connectivity index (χ2n) is 6.35. The summed E-state index contributed by atoms with van der Waals surface area (Å²) in [6.07, 6.45) is 1.62. The molecule has 0 saturated carbocycles. The number of nitrogens with zero attached hydrogens (tertiary/aromatic N) is 2. The Morgan fingerprint density at radius 3 is 2.79 bits per heavy atom. The van der Waals surface area contributed by atoms with Gasteiger partial charge in [0.1, 0.15) is 22.2 Å². The number of nitrogens with one attached hydrogen (secondary N) is 1. The Labute approximate surface area is 179 Å². The molecule has 7 heteroatoms. The molecule has 5 nitrogen and oxygen atoms in total. The highest BCUT2D eigenvalue weighted by molar-refractivity contribution is 9.10. The van der Waals surface area contributed by atoms with Crippen LogP contribution in [0.1, 0.15) is 10.6 Å². The van der Waals surface area contributed by atoms with Gasteiger partial charge in [0.2, 0.25) is 0 Å². The summed E-state index contributed by atoms with van der Waals surface area (Å²) in [5, 5.41) is 15.7. The van der Waals surface area contributed by atoms with Crippen LogP contribution in [-0.2, 0) is 0 Å². The number of fused-ring (bicyclic) bond motifs is 1. The van der Waals surface area contributed by atoms with Crippen LogP contribution < -0.4 is 10.9 Å². The highest BCUT2D eigenvalue weighted by Gasteiger charge is 2.14. The average Bonchev–Trinajstić information content (AvgIpc) is 3.19. The summed E-state index contributed by atoms with van der Waals surface area (Å²) in [5.74, 6) is 0. The average molecular weight is 464 g/mol. The van der Waals surface area contributed by atoms with Gasteiger partial charge in [-0.15, -0.1) is 11.3 Å². The Hall–Kier alpha value is -3.21. The van der Waals surface area contributed by atoms with Crippen molar-refractivity contribution in [2.45, 2.75) is 6.92 Å². The largest absolute Gasteiger partial charge is 0.422 e. The van der Waals surface area contributed by atoms with E-state index in [9.17, 15) is 10.1 Å². The number of aryl methyl sites for hydroxylation is 1. The van der Waals surface area contributed by atoms with Crippen molar-refractivity contribution in [1.82, 2.24) is 4.98 Å². The maximum Gasteiger partial charge on any atom is 0.345 e.